The van der Waals surface area contributed by atoms with E-state index in [4.69, 9.17) is 4.52 Å². The summed E-state index contributed by atoms with van der Waals surface area (Å²) in [6.45, 7) is 1.95. The van der Waals surface area contributed by atoms with E-state index in [1.54, 1.807) is 10.7 Å². The number of nitrogens with zero attached hydrogens (tertiary/aromatic N) is 3. The highest BCUT2D eigenvalue weighted by atomic mass is 16.5. The van der Waals surface area contributed by atoms with Crippen molar-refractivity contribution >= 4 is 17.6 Å². The molecule has 9 heteroatoms. The topological polar surface area (TPSA) is 114 Å². The fourth-order valence-corrected chi connectivity index (χ4v) is 3.41. The lowest BCUT2D eigenvalue weighted by Gasteiger charge is -2.30. The summed E-state index contributed by atoms with van der Waals surface area (Å²) in [6, 6.07) is 3.61. The number of nitrogens with one attached hydrogen (secondary N) is 3. The van der Waals surface area contributed by atoms with Crippen LogP contribution in [0, 0.1) is 0 Å². The summed E-state index contributed by atoms with van der Waals surface area (Å²) in [4.78, 5) is 24.6. The van der Waals surface area contributed by atoms with Gasteiger partial charge >= 0.3 is 0 Å². The highest BCUT2D eigenvalue weighted by Gasteiger charge is 2.32. The molecule has 5 rings (SSSR count). The molecule has 3 aliphatic rings. The van der Waals surface area contributed by atoms with Crippen molar-refractivity contribution < 1.29 is 14.1 Å². The van der Waals surface area contributed by atoms with Crippen LogP contribution in [0.25, 0.3) is 0 Å². The second-order valence-corrected chi connectivity index (χ2v) is 7.76. The fraction of sp³-hybridized carbons (Fsp3) is 0.556. The maximum absolute atomic E-state index is 12.6. The molecule has 1 aliphatic heterocycles. The van der Waals surface area contributed by atoms with E-state index in [0.29, 0.717) is 24.1 Å². The zero-order chi connectivity index (χ0) is 18.5. The summed E-state index contributed by atoms with van der Waals surface area (Å²) in [7, 11) is 0. The summed E-state index contributed by atoms with van der Waals surface area (Å²) in [5, 5.41) is 17.6. The number of hydrogen-bond donors (Lipinski definition) is 3. The molecule has 2 amide bonds. The van der Waals surface area contributed by atoms with E-state index >= 15 is 0 Å². The molecule has 1 saturated heterocycles. The van der Waals surface area contributed by atoms with Gasteiger partial charge in [-0.05, 0) is 32.6 Å². The Balaban J connectivity index is 1.40. The Morgan fingerprint density at radius 1 is 1.26 bits per heavy atom. The van der Waals surface area contributed by atoms with Crippen molar-refractivity contribution in [2.24, 2.45) is 0 Å². The molecule has 27 heavy (non-hydrogen) atoms. The van der Waals surface area contributed by atoms with Crippen LogP contribution in [0.3, 0.4) is 0 Å². The van der Waals surface area contributed by atoms with Crippen LogP contribution in [0.5, 0.6) is 0 Å². The lowest BCUT2D eigenvalue weighted by atomic mass is 10.2. The summed E-state index contributed by atoms with van der Waals surface area (Å²) in [6.07, 6.45) is 4.28. The van der Waals surface area contributed by atoms with Gasteiger partial charge in [-0.15, -0.1) is 0 Å². The van der Waals surface area contributed by atoms with Gasteiger partial charge in [0.1, 0.15) is 11.6 Å². The molecule has 0 aromatic carbocycles. The standard InChI is InChI=1S/C18H22N6O3/c1-9-6-16(25)21-18(19-9)24-15(8-12(22-24)10-2-3-10)20-17(26)13-7-14(27-23-13)11-4-5-11/h7-11,18-19H,2-6H2,1H3,(H,20,26)(H,21,25). The number of rotatable bonds is 5. The van der Waals surface area contributed by atoms with Crippen molar-refractivity contribution in [3.8, 4) is 0 Å². The maximum Gasteiger partial charge on any atom is 0.278 e. The lowest BCUT2D eigenvalue weighted by Crippen LogP contribution is -2.52. The minimum absolute atomic E-state index is 0.0255. The van der Waals surface area contributed by atoms with E-state index in [1.165, 1.54) is 0 Å². The largest absolute Gasteiger partial charge is 0.360 e. The predicted octanol–water partition coefficient (Wildman–Crippen LogP) is 1.83. The van der Waals surface area contributed by atoms with Gasteiger partial charge in [-0.2, -0.15) is 5.10 Å². The van der Waals surface area contributed by atoms with Crippen molar-refractivity contribution in [2.75, 3.05) is 5.32 Å². The highest BCUT2D eigenvalue weighted by molar-refractivity contribution is 6.02. The van der Waals surface area contributed by atoms with Crippen LogP contribution in [-0.4, -0.2) is 32.8 Å². The Hall–Kier alpha value is -2.68. The van der Waals surface area contributed by atoms with Crippen LogP contribution in [0.1, 0.15) is 79.1 Å². The van der Waals surface area contributed by atoms with Crippen molar-refractivity contribution in [2.45, 2.75) is 63.2 Å². The second-order valence-electron chi connectivity index (χ2n) is 7.76. The van der Waals surface area contributed by atoms with Gasteiger partial charge in [0.05, 0.1) is 5.69 Å². The summed E-state index contributed by atoms with van der Waals surface area (Å²) in [5.74, 6) is 1.73. The second kappa shape index (κ2) is 6.19. The molecule has 0 spiro atoms. The van der Waals surface area contributed by atoms with Gasteiger partial charge in [0, 0.05) is 36.4 Å². The van der Waals surface area contributed by atoms with E-state index in [1.807, 2.05) is 13.0 Å². The monoisotopic (exact) mass is 370 g/mol. The van der Waals surface area contributed by atoms with Crippen molar-refractivity contribution in [1.82, 2.24) is 25.6 Å². The van der Waals surface area contributed by atoms with Crippen molar-refractivity contribution in [3.05, 3.63) is 29.3 Å². The molecule has 2 saturated carbocycles. The molecule has 0 bridgehead atoms. The third kappa shape index (κ3) is 3.34. The Bertz CT molecular complexity index is 895. The van der Waals surface area contributed by atoms with Gasteiger partial charge in [-0.1, -0.05) is 5.16 Å². The third-order valence-electron chi connectivity index (χ3n) is 5.21. The zero-order valence-corrected chi connectivity index (χ0v) is 15.1. The van der Waals surface area contributed by atoms with E-state index in [9.17, 15) is 9.59 Å². The number of anilines is 1. The van der Waals surface area contributed by atoms with Crippen LogP contribution in [0.2, 0.25) is 0 Å². The minimum Gasteiger partial charge on any atom is -0.360 e. The Morgan fingerprint density at radius 3 is 2.74 bits per heavy atom. The van der Waals surface area contributed by atoms with Crippen LogP contribution in [0.15, 0.2) is 16.7 Å². The predicted molar refractivity (Wildman–Crippen MR) is 95.0 cm³/mol. The molecule has 2 aromatic heterocycles. The number of carbonyl (C=O) groups excluding carboxylic acids is 2. The molecule has 3 fully saturated rings. The maximum atomic E-state index is 12.6. The molecule has 2 unspecified atom stereocenters. The Labute approximate surface area is 155 Å². The SMILES string of the molecule is CC1CC(=O)NC(n2nc(C3CC3)cc2NC(=O)c2cc(C3CC3)on2)N1. The first-order chi connectivity index (χ1) is 13.1. The average molecular weight is 370 g/mol. The third-order valence-corrected chi connectivity index (χ3v) is 5.21. The van der Waals surface area contributed by atoms with E-state index < -0.39 is 6.29 Å². The fourth-order valence-electron chi connectivity index (χ4n) is 3.41. The van der Waals surface area contributed by atoms with Crippen molar-refractivity contribution in [1.29, 1.82) is 0 Å². The van der Waals surface area contributed by atoms with Crippen LogP contribution >= 0.6 is 0 Å². The summed E-state index contributed by atoms with van der Waals surface area (Å²) < 4.78 is 6.91. The van der Waals surface area contributed by atoms with E-state index in [-0.39, 0.29) is 23.6 Å². The van der Waals surface area contributed by atoms with E-state index in [0.717, 1.165) is 37.1 Å². The molecule has 2 aromatic rings. The number of aromatic nitrogens is 3. The van der Waals surface area contributed by atoms with E-state index in [2.05, 4.69) is 26.2 Å². The summed E-state index contributed by atoms with van der Waals surface area (Å²) in [5.41, 5.74) is 1.19. The average Bonchev–Trinajstić information content (AvgIpc) is 3.56. The van der Waals surface area contributed by atoms with Gasteiger partial charge < -0.3 is 15.2 Å². The summed E-state index contributed by atoms with van der Waals surface area (Å²) >= 11 is 0. The van der Waals surface area contributed by atoms with Crippen LogP contribution in [-0.2, 0) is 4.79 Å². The molecule has 3 N–H and O–H groups in total. The van der Waals surface area contributed by atoms with Gasteiger partial charge in [0.15, 0.2) is 12.0 Å². The van der Waals surface area contributed by atoms with Crippen molar-refractivity contribution in [3.63, 3.8) is 0 Å². The van der Waals surface area contributed by atoms with Crippen LogP contribution in [0.4, 0.5) is 5.82 Å². The van der Waals surface area contributed by atoms with Gasteiger partial charge in [-0.3, -0.25) is 14.9 Å². The zero-order valence-electron chi connectivity index (χ0n) is 15.1. The van der Waals surface area contributed by atoms with Gasteiger partial charge in [-0.25, -0.2) is 4.68 Å². The molecular formula is C18H22N6O3. The first-order valence-electron chi connectivity index (χ1n) is 9.49. The molecule has 3 heterocycles. The normalized spacial score (nSPS) is 25.3. The molecule has 2 atom stereocenters. The molecular weight excluding hydrogens is 348 g/mol. The minimum atomic E-state index is -0.497. The molecule has 9 nitrogen and oxygen atoms in total. The van der Waals surface area contributed by atoms with Gasteiger partial charge in [0.25, 0.3) is 5.91 Å². The first kappa shape index (κ1) is 16.5. The lowest BCUT2D eigenvalue weighted by molar-refractivity contribution is -0.125. The molecule has 0 radical (unpaired) electrons. The smallest absolute Gasteiger partial charge is 0.278 e. The number of amides is 2. The highest BCUT2D eigenvalue weighted by Crippen LogP contribution is 2.41. The van der Waals surface area contributed by atoms with Crippen LogP contribution < -0.4 is 16.0 Å². The quantitative estimate of drug-likeness (QED) is 0.740. The Morgan fingerprint density at radius 2 is 2.04 bits per heavy atom. The number of hydrogen-bond acceptors (Lipinski definition) is 6. The molecule has 2 aliphatic carbocycles. The first-order valence-corrected chi connectivity index (χ1v) is 9.49. The number of carbonyl (C=O) groups is 2. The van der Waals surface area contributed by atoms with Gasteiger partial charge in [0.2, 0.25) is 5.91 Å². The Kier molecular flexibility index (Phi) is 3.78. The molecule has 142 valence electrons.